The molecule has 5 nitrogen and oxygen atoms in total. The highest BCUT2D eigenvalue weighted by Crippen LogP contribution is 2.12. The summed E-state index contributed by atoms with van der Waals surface area (Å²) < 4.78 is 1.36. The smallest absolute Gasteiger partial charge is 0.270 e. The Morgan fingerprint density at radius 3 is 2.70 bits per heavy atom. The van der Waals surface area contributed by atoms with Gasteiger partial charge >= 0.3 is 0 Å². The molecule has 1 amide bonds. The van der Waals surface area contributed by atoms with Crippen molar-refractivity contribution >= 4 is 23.2 Å². The lowest BCUT2D eigenvalue weighted by Gasteiger charge is -2.17. The third kappa shape index (κ3) is 3.10. The normalized spacial score (nSPS) is 10.7. The molecular formula is C17H14ClN3O2. The lowest BCUT2D eigenvalue weighted by atomic mass is 10.2. The highest BCUT2D eigenvalue weighted by atomic mass is 35.5. The Balaban J connectivity index is 1.89. The summed E-state index contributed by atoms with van der Waals surface area (Å²) in [6.45, 7) is 0.382. The number of rotatable bonds is 3. The Bertz CT molecular complexity index is 919. The number of carbonyl (C=O) groups excluding carboxylic acids is 1. The number of pyridine rings is 1. The summed E-state index contributed by atoms with van der Waals surface area (Å²) >= 11 is 5.85. The summed E-state index contributed by atoms with van der Waals surface area (Å²) in [6.07, 6.45) is 2.93. The molecule has 0 saturated carbocycles. The highest BCUT2D eigenvalue weighted by Gasteiger charge is 2.17. The Labute approximate surface area is 137 Å². The molecular weight excluding hydrogens is 314 g/mol. The second-order valence-corrected chi connectivity index (χ2v) is 5.63. The molecule has 2 aromatic heterocycles. The fraction of sp³-hybridized carbons (Fsp3) is 0.118. The van der Waals surface area contributed by atoms with Crippen LogP contribution < -0.4 is 5.56 Å². The zero-order chi connectivity index (χ0) is 16.4. The van der Waals surface area contributed by atoms with Crippen LogP contribution in [-0.4, -0.2) is 27.2 Å². The van der Waals surface area contributed by atoms with Crippen LogP contribution in [0.15, 0.2) is 59.7 Å². The molecule has 0 bridgehead atoms. The number of aromatic nitrogens is 2. The molecule has 116 valence electrons. The monoisotopic (exact) mass is 327 g/mol. The van der Waals surface area contributed by atoms with Crippen molar-refractivity contribution in [3.8, 4) is 0 Å². The Hall–Kier alpha value is -2.66. The van der Waals surface area contributed by atoms with Gasteiger partial charge in [-0.05, 0) is 29.8 Å². The molecule has 0 unspecified atom stereocenters. The van der Waals surface area contributed by atoms with Gasteiger partial charge < -0.3 is 4.90 Å². The van der Waals surface area contributed by atoms with Crippen molar-refractivity contribution in [2.24, 2.45) is 0 Å². The second kappa shape index (κ2) is 6.22. The fourth-order valence-electron chi connectivity index (χ4n) is 2.31. The van der Waals surface area contributed by atoms with E-state index in [4.69, 9.17) is 11.6 Å². The van der Waals surface area contributed by atoms with Gasteiger partial charge in [0.2, 0.25) is 0 Å². The summed E-state index contributed by atoms with van der Waals surface area (Å²) in [5.74, 6) is -0.365. The van der Waals surface area contributed by atoms with Gasteiger partial charge in [-0.25, -0.2) is 4.98 Å². The predicted octanol–water partition coefficient (Wildman–Crippen LogP) is 2.62. The first-order valence-electron chi connectivity index (χ1n) is 7.02. The summed E-state index contributed by atoms with van der Waals surface area (Å²) in [4.78, 5) is 30.6. The molecule has 2 heterocycles. The molecule has 0 aliphatic carbocycles. The maximum Gasteiger partial charge on any atom is 0.270 e. The minimum absolute atomic E-state index is 0.0464. The van der Waals surface area contributed by atoms with Crippen molar-refractivity contribution in [2.45, 2.75) is 6.54 Å². The molecule has 0 spiro atoms. The molecule has 0 atom stereocenters. The van der Waals surface area contributed by atoms with E-state index in [0.29, 0.717) is 17.2 Å². The van der Waals surface area contributed by atoms with Gasteiger partial charge in [0, 0.05) is 31.0 Å². The van der Waals surface area contributed by atoms with Gasteiger partial charge in [0.1, 0.15) is 11.2 Å². The van der Waals surface area contributed by atoms with Crippen LogP contribution in [0.1, 0.15) is 15.9 Å². The van der Waals surface area contributed by atoms with Crippen LogP contribution >= 0.6 is 11.6 Å². The Kier molecular flexibility index (Phi) is 4.12. The average molecular weight is 328 g/mol. The number of nitrogens with zero attached hydrogens (tertiary/aromatic N) is 3. The zero-order valence-corrected chi connectivity index (χ0v) is 13.2. The number of fused-ring (bicyclic) bond motifs is 1. The first-order chi connectivity index (χ1) is 11.1. The molecule has 1 aromatic carbocycles. The van der Waals surface area contributed by atoms with Crippen LogP contribution in [0.4, 0.5) is 0 Å². The third-order valence-corrected chi connectivity index (χ3v) is 3.78. The molecule has 0 fully saturated rings. The molecule has 3 aromatic rings. The summed E-state index contributed by atoms with van der Waals surface area (Å²) in [5, 5.41) is 0.639. The number of carbonyl (C=O) groups is 1. The van der Waals surface area contributed by atoms with E-state index < -0.39 is 0 Å². The van der Waals surface area contributed by atoms with Crippen LogP contribution in [-0.2, 0) is 6.54 Å². The molecule has 0 N–H and O–H groups in total. The second-order valence-electron chi connectivity index (χ2n) is 5.19. The van der Waals surface area contributed by atoms with Crippen molar-refractivity contribution in [1.29, 1.82) is 0 Å². The van der Waals surface area contributed by atoms with E-state index >= 15 is 0 Å². The Morgan fingerprint density at radius 2 is 1.96 bits per heavy atom. The van der Waals surface area contributed by atoms with Gasteiger partial charge in [-0.1, -0.05) is 29.8 Å². The highest BCUT2D eigenvalue weighted by molar-refractivity contribution is 6.30. The topological polar surface area (TPSA) is 54.7 Å². The maximum atomic E-state index is 12.5. The summed E-state index contributed by atoms with van der Waals surface area (Å²) in [6, 6.07) is 12.4. The molecule has 3 rings (SSSR count). The van der Waals surface area contributed by atoms with Crippen LogP contribution in [0.25, 0.3) is 5.65 Å². The van der Waals surface area contributed by atoms with E-state index in [0.717, 1.165) is 5.56 Å². The summed E-state index contributed by atoms with van der Waals surface area (Å²) in [5.41, 5.74) is 1.11. The standard InChI is InChI=1S/C17H14ClN3O2/c1-20(11-12-5-7-13(18)8-6-12)16(22)14-10-19-15-4-2-3-9-21(15)17(14)23/h2-10H,11H2,1H3. The maximum absolute atomic E-state index is 12.5. The first kappa shape index (κ1) is 15.2. The van der Waals surface area contributed by atoms with Crippen LogP contribution in [0.3, 0.4) is 0 Å². The van der Waals surface area contributed by atoms with E-state index in [1.54, 1.807) is 43.6 Å². The lowest BCUT2D eigenvalue weighted by Crippen LogP contribution is -2.32. The molecule has 0 aliphatic heterocycles. The van der Waals surface area contributed by atoms with Gasteiger partial charge in [0.15, 0.2) is 0 Å². The summed E-state index contributed by atoms with van der Waals surface area (Å²) in [7, 11) is 1.65. The van der Waals surface area contributed by atoms with Gasteiger partial charge in [0.05, 0.1) is 0 Å². The van der Waals surface area contributed by atoms with Crippen molar-refractivity contribution in [1.82, 2.24) is 14.3 Å². The number of amides is 1. The molecule has 6 heteroatoms. The lowest BCUT2D eigenvalue weighted by molar-refractivity contribution is 0.0782. The van der Waals surface area contributed by atoms with Crippen LogP contribution in [0.2, 0.25) is 5.02 Å². The first-order valence-corrected chi connectivity index (χ1v) is 7.40. The fourth-order valence-corrected chi connectivity index (χ4v) is 2.44. The van der Waals surface area contributed by atoms with E-state index in [1.807, 2.05) is 12.1 Å². The number of hydrogen-bond acceptors (Lipinski definition) is 3. The van der Waals surface area contributed by atoms with E-state index in [2.05, 4.69) is 4.98 Å². The van der Waals surface area contributed by atoms with Crippen LogP contribution in [0, 0.1) is 0 Å². The molecule has 0 aliphatic rings. The van der Waals surface area contributed by atoms with E-state index in [9.17, 15) is 9.59 Å². The average Bonchev–Trinajstić information content (AvgIpc) is 2.57. The van der Waals surface area contributed by atoms with Gasteiger partial charge in [-0.3, -0.25) is 14.0 Å². The largest absolute Gasteiger partial charge is 0.337 e. The predicted molar refractivity (Wildman–Crippen MR) is 88.7 cm³/mol. The zero-order valence-electron chi connectivity index (χ0n) is 12.4. The minimum atomic E-state index is -0.372. The van der Waals surface area contributed by atoms with Crippen molar-refractivity contribution < 1.29 is 4.79 Å². The minimum Gasteiger partial charge on any atom is -0.337 e. The van der Waals surface area contributed by atoms with Gasteiger partial charge in [0.25, 0.3) is 11.5 Å². The SMILES string of the molecule is CN(Cc1ccc(Cl)cc1)C(=O)c1cnc2ccccn2c1=O. The number of hydrogen-bond donors (Lipinski definition) is 0. The van der Waals surface area contributed by atoms with Crippen molar-refractivity contribution in [3.05, 3.63) is 81.4 Å². The van der Waals surface area contributed by atoms with Crippen LogP contribution in [0.5, 0.6) is 0 Å². The van der Waals surface area contributed by atoms with E-state index in [-0.39, 0.29) is 17.0 Å². The Morgan fingerprint density at radius 1 is 1.22 bits per heavy atom. The van der Waals surface area contributed by atoms with Gasteiger partial charge in [-0.15, -0.1) is 0 Å². The number of benzene rings is 1. The van der Waals surface area contributed by atoms with Crippen molar-refractivity contribution in [2.75, 3.05) is 7.05 Å². The number of halogens is 1. The molecule has 0 saturated heterocycles. The van der Waals surface area contributed by atoms with E-state index in [1.165, 1.54) is 15.5 Å². The molecule has 23 heavy (non-hydrogen) atoms. The van der Waals surface area contributed by atoms with Crippen molar-refractivity contribution in [3.63, 3.8) is 0 Å². The third-order valence-electron chi connectivity index (χ3n) is 3.52. The quantitative estimate of drug-likeness (QED) is 0.743. The molecule has 0 radical (unpaired) electrons. The van der Waals surface area contributed by atoms with Gasteiger partial charge in [-0.2, -0.15) is 0 Å².